The van der Waals surface area contributed by atoms with Crippen LogP contribution in [0.15, 0.2) is 31.2 Å². The van der Waals surface area contributed by atoms with Crippen LogP contribution in [-0.2, 0) is 20.8 Å². The van der Waals surface area contributed by atoms with Gasteiger partial charge in [-0.15, -0.1) is 0 Å². The van der Waals surface area contributed by atoms with Crippen LogP contribution in [0.3, 0.4) is 0 Å². The Balaban J connectivity index is 0. The van der Waals surface area contributed by atoms with Gasteiger partial charge in [0.2, 0.25) is 0 Å². The number of rotatable bonds is 12. The summed E-state index contributed by atoms with van der Waals surface area (Å²) in [7, 11) is 0. The molecule has 1 aromatic carbocycles. The predicted molar refractivity (Wildman–Crippen MR) is 144 cm³/mol. The van der Waals surface area contributed by atoms with Gasteiger partial charge in [-0.05, 0) is 75.4 Å². The normalized spacial score (nSPS) is 11.2. The van der Waals surface area contributed by atoms with E-state index < -0.39 is 30.2 Å². The Morgan fingerprint density at radius 2 is 1.40 bits per heavy atom. The molecule has 10 N–H and O–H groups in total. The molecule has 1 aromatic rings. The molecule has 0 aliphatic rings. The van der Waals surface area contributed by atoms with E-state index in [1.165, 1.54) is 0 Å². The van der Waals surface area contributed by atoms with Gasteiger partial charge in [0.05, 0.1) is 15.6 Å². The topological polar surface area (TPSA) is 236 Å². The SMILES string of the molecule is NCCCOc1c(Br)cc(C/C(=N\O)C(=O)NCCCCN=C(N)N)cc1Br.O=C(O)C(F)(F)F.O=C(O)C(F)(F)F. The molecule has 0 bridgehead atoms. The zero-order chi connectivity index (χ0) is 33.1. The molecule has 21 heteroatoms. The van der Waals surface area contributed by atoms with Gasteiger partial charge >= 0.3 is 24.3 Å². The molecule has 0 saturated heterocycles. The van der Waals surface area contributed by atoms with Crippen molar-refractivity contribution < 1.29 is 60.9 Å². The number of guanidine groups is 1. The third-order valence-electron chi connectivity index (χ3n) is 4.06. The number of nitrogens with one attached hydrogen (secondary N) is 1. The Kier molecular flexibility index (Phi) is 19.9. The van der Waals surface area contributed by atoms with Crippen LogP contribution in [0.1, 0.15) is 24.8 Å². The number of carbonyl (C=O) groups excluding carboxylic acids is 1. The van der Waals surface area contributed by atoms with E-state index in [4.69, 9.17) is 41.7 Å². The molecule has 0 aliphatic carbocycles. The summed E-state index contributed by atoms with van der Waals surface area (Å²) < 4.78 is 70.6. The van der Waals surface area contributed by atoms with E-state index in [-0.39, 0.29) is 18.1 Å². The summed E-state index contributed by atoms with van der Waals surface area (Å²) >= 11 is 6.91. The van der Waals surface area contributed by atoms with Gasteiger partial charge in [-0.2, -0.15) is 26.3 Å². The number of halogens is 8. The smallest absolute Gasteiger partial charge is 0.490 e. The van der Waals surface area contributed by atoms with Crippen molar-refractivity contribution in [1.82, 2.24) is 5.32 Å². The van der Waals surface area contributed by atoms with Crippen LogP contribution < -0.4 is 27.3 Å². The molecule has 0 unspecified atom stereocenters. The summed E-state index contributed by atoms with van der Waals surface area (Å²) in [6.07, 6.45) is -7.83. The number of aliphatic carboxylic acids is 2. The van der Waals surface area contributed by atoms with E-state index in [0.717, 1.165) is 27.4 Å². The number of benzene rings is 1. The van der Waals surface area contributed by atoms with E-state index in [9.17, 15) is 36.3 Å². The molecule has 240 valence electrons. The van der Waals surface area contributed by atoms with Crippen molar-refractivity contribution in [2.24, 2.45) is 27.3 Å². The Morgan fingerprint density at radius 1 is 0.929 bits per heavy atom. The second-order valence-corrected chi connectivity index (χ2v) is 9.19. The van der Waals surface area contributed by atoms with Crippen molar-refractivity contribution in [3.05, 3.63) is 26.6 Å². The quantitative estimate of drug-likeness (QED) is 0.0412. The van der Waals surface area contributed by atoms with Crippen molar-refractivity contribution in [2.45, 2.75) is 38.0 Å². The first-order chi connectivity index (χ1) is 19.3. The Hall–Kier alpha value is -3.33. The molecule has 1 rings (SSSR count). The summed E-state index contributed by atoms with van der Waals surface area (Å²) in [5.41, 5.74) is 16.7. The fraction of sp³-hybridized carbons (Fsp3) is 0.476. The molecular formula is C21H28Br2F6N6O7. The molecule has 13 nitrogen and oxygen atoms in total. The first-order valence-electron chi connectivity index (χ1n) is 11.2. The number of unbranched alkanes of at least 4 members (excludes halogenated alkanes) is 1. The number of nitrogens with zero attached hydrogens (tertiary/aromatic N) is 2. The molecule has 0 aliphatic heterocycles. The maximum Gasteiger partial charge on any atom is 0.490 e. The first-order valence-corrected chi connectivity index (χ1v) is 12.8. The zero-order valence-electron chi connectivity index (χ0n) is 21.4. The minimum absolute atomic E-state index is 0.0137. The number of carbonyl (C=O) groups is 3. The Morgan fingerprint density at radius 3 is 1.79 bits per heavy atom. The highest BCUT2D eigenvalue weighted by molar-refractivity contribution is 9.11. The molecule has 0 aromatic heterocycles. The van der Waals surface area contributed by atoms with E-state index >= 15 is 0 Å². The van der Waals surface area contributed by atoms with Crippen molar-refractivity contribution in [3.63, 3.8) is 0 Å². The number of carboxylic acid groups (broad SMARTS) is 2. The van der Waals surface area contributed by atoms with E-state index in [1.54, 1.807) is 0 Å². The van der Waals surface area contributed by atoms with E-state index in [0.29, 0.717) is 38.4 Å². The van der Waals surface area contributed by atoms with Gasteiger partial charge in [0.15, 0.2) is 5.96 Å². The highest BCUT2D eigenvalue weighted by Gasteiger charge is 2.38. The van der Waals surface area contributed by atoms with Crippen LogP contribution in [0.4, 0.5) is 26.3 Å². The Labute approximate surface area is 251 Å². The van der Waals surface area contributed by atoms with Gasteiger partial charge in [0.25, 0.3) is 5.91 Å². The van der Waals surface area contributed by atoms with Crippen molar-refractivity contribution in [1.29, 1.82) is 0 Å². The molecule has 0 heterocycles. The molecule has 42 heavy (non-hydrogen) atoms. The number of hydrogen-bond acceptors (Lipinski definition) is 8. The number of aliphatic imine (C=N–C) groups is 1. The van der Waals surface area contributed by atoms with Gasteiger partial charge in [-0.3, -0.25) is 9.79 Å². The maximum absolute atomic E-state index is 12.2. The largest absolute Gasteiger partial charge is 0.491 e. The number of amides is 1. The minimum Gasteiger partial charge on any atom is -0.491 e. The lowest BCUT2D eigenvalue weighted by atomic mass is 10.1. The number of carboxylic acids is 2. The van der Waals surface area contributed by atoms with Crippen LogP contribution in [-0.4, -0.2) is 83.5 Å². The van der Waals surface area contributed by atoms with Crippen LogP contribution >= 0.6 is 31.9 Å². The second kappa shape index (κ2) is 20.5. The highest BCUT2D eigenvalue weighted by Crippen LogP contribution is 2.35. The minimum atomic E-state index is -5.08. The third-order valence-corrected chi connectivity index (χ3v) is 5.24. The number of ether oxygens (including phenoxy) is 1. The molecule has 0 atom stereocenters. The lowest BCUT2D eigenvalue weighted by molar-refractivity contribution is -0.193. The summed E-state index contributed by atoms with van der Waals surface area (Å²) in [4.78, 5) is 33.9. The van der Waals surface area contributed by atoms with Crippen LogP contribution in [0, 0.1) is 0 Å². The van der Waals surface area contributed by atoms with Crippen molar-refractivity contribution in [3.8, 4) is 5.75 Å². The van der Waals surface area contributed by atoms with E-state index in [2.05, 4.69) is 47.3 Å². The van der Waals surface area contributed by atoms with Crippen molar-refractivity contribution >= 4 is 61.4 Å². The van der Waals surface area contributed by atoms with Crippen LogP contribution in [0.5, 0.6) is 5.75 Å². The molecule has 1 amide bonds. The Bertz CT molecular complexity index is 1040. The van der Waals surface area contributed by atoms with Gasteiger partial charge in [-0.1, -0.05) is 5.16 Å². The standard InChI is InChI=1S/C17H26Br2N6O3.2C2HF3O2/c18-12-8-11(9-13(19)15(12)28-7-3-4-20)10-14(25-27)16(26)23-5-1-2-6-24-17(21)22;2*3-2(4,5)1(6)7/h8-9,27H,1-7,10,20H2,(H,23,26)(H4,21,22,24);2*(H,6,7)/b25-14+;;. The van der Waals surface area contributed by atoms with Crippen LogP contribution in [0.2, 0.25) is 0 Å². The lowest BCUT2D eigenvalue weighted by Gasteiger charge is -2.12. The fourth-order valence-electron chi connectivity index (χ4n) is 2.21. The average molecular weight is 750 g/mol. The van der Waals surface area contributed by atoms with Crippen LogP contribution in [0.25, 0.3) is 0 Å². The van der Waals surface area contributed by atoms with Gasteiger partial charge in [0.1, 0.15) is 11.5 Å². The van der Waals surface area contributed by atoms with E-state index in [1.807, 2.05) is 12.1 Å². The zero-order valence-corrected chi connectivity index (χ0v) is 24.6. The first kappa shape index (κ1) is 40.8. The molecule has 0 saturated carbocycles. The predicted octanol–water partition coefficient (Wildman–Crippen LogP) is 2.75. The fourth-order valence-corrected chi connectivity index (χ4v) is 3.72. The molecule has 0 radical (unpaired) electrons. The van der Waals surface area contributed by atoms with Gasteiger partial charge in [-0.25, -0.2) is 9.59 Å². The van der Waals surface area contributed by atoms with Gasteiger partial charge < -0.3 is 42.7 Å². The summed E-state index contributed by atoms with van der Waals surface area (Å²) in [5.74, 6) is -5.24. The average Bonchev–Trinajstić information content (AvgIpc) is 2.85. The van der Waals surface area contributed by atoms with Crippen molar-refractivity contribution in [2.75, 3.05) is 26.2 Å². The lowest BCUT2D eigenvalue weighted by Crippen LogP contribution is -2.33. The monoisotopic (exact) mass is 748 g/mol. The summed E-state index contributed by atoms with van der Waals surface area (Å²) in [5, 5.41) is 29.3. The number of oxime groups is 1. The molecule has 0 fully saturated rings. The third kappa shape index (κ3) is 19.7. The number of nitrogens with two attached hydrogens (primary N) is 3. The molecule has 0 spiro atoms. The number of hydrogen-bond donors (Lipinski definition) is 7. The summed E-state index contributed by atoms with van der Waals surface area (Å²) in [6.45, 7) is 1.98. The summed E-state index contributed by atoms with van der Waals surface area (Å²) in [6, 6.07) is 3.63. The van der Waals surface area contributed by atoms with Gasteiger partial charge in [0, 0.05) is 19.5 Å². The maximum atomic E-state index is 12.2. The molecular weight excluding hydrogens is 722 g/mol. The second-order valence-electron chi connectivity index (χ2n) is 7.48. The number of alkyl halides is 6. The highest BCUT2D eigenvalue weighted by atomic mass is 79.9.